The van der Waals surface area contributed by atoms with Crippen molar-refractivity contribution in [1.82, 2.24) is 24.0 Å². The third-order valence-corrected chi connectivity index (χ3v) is 8.17. The summed E-state index contributed by atoms with van der Waals surface area (Å²) in [6, 6.07) is 4.28. The van der Waals surface area contributed by atoms with E-state index in [0.29, 0.717) is 23.5 Å². The normalized spacial score (nSPS) is 15.7. The van der Waals surface area contributed by atoms with E-state index in [9.17, 15) is 23.9 Å². The minimum Gasteiger partial charge on any atom is -0.506 e. The maximum atomic E-state index is 14.8. The smallest absolute Gasteiger partial charge is 0.263 e. The summed E-state index contributed by atoms with van der Waals surface area (Å²) in [6.45, 7) is 6.89. The number of hydrogen-bond donors (Lipinski definition) is 3. The Morgan fingerprint density at radius 1 is 1.23 bits per heavy atom. The maximum Gasteiger partial charge on any atom is 0.263 e. The number of aromatic nitrogens is 4. The van der Waals surface area contributed by atoms with Crippen LogP contribution in [-0.2, 0) is 18.4 Å². The molecule has 1 aliphatic heterocycles. The number of nitrogens with two attached hydrogens (primary N) is 1. The lowest BCUT2D eigenvalue weighted by Crippen LogP contribution is -2.52. The number of piperazine rings is 1. The van der Waals surface area contributed by atoms with Gasteiger partial charge in [-0.3, -0.25) is 19.3 Å². The SMILES string of the molecule is CCN1CCN(c2cc(NC(=O)Cn3cc(-c4cc(Cl)c(O)c(C(N)=O)c4)c4c(=O)n(C)cnc43)c(Cl)c(F)n2)[C@@H](C)C1. The average molecular weight is 631 g/mol. The predicted molar refractivity (Wildman–Crippen MR) is 162 cm³/mol. The number of aryl methyl sites for hydroxylation is 1. The molecule has 1 atom stereocenters. The molecule has 4 heterocycles. The topological polar surface area (TPSA) is 152 Å². The Labute approximate surface area is 255 Å². The minimum atomic E-state index is -0.919. The van der Waals surface area contributed by atoms with E-state index in [0.717, 1.165) is 19.6 Å². The van der Waals surface area contributed by atoms with E-state index in [1.165, 1.54) is 40.8 Å². The summed E-state index contributed by atoms with van der Waals surface area (Å²) in [5.41, 5.74) is 5.56. The van der Waals surface area contributed by atoms with E-state index in [1.54, 1.807) is 6.07 Å². The Hall–Kier alpha value is -4.20. The van der Waals surface area contributed by atoms with Crippen LogP contribution >= 0.6 is 23.2 Å². The molecule has 43 heavy (non-hydrogen) atoms. The van der Waals surface area contributed by atoms with Crippen LogP contribution in [-0.4, -0.2) is 73.1 Å². The number of rotatable bonds is 7. The molecule has 15 heteroatoms. The van der Waals surface area contributed by atoms with Gasteiger partial charge in [-0.2, -0.15) is 4.39 Å². The first kappa shape index (κ1) is 30.3. The fourth-order valence-electron chi connectivity index (χ4n) is 5.28. The van der Waals surface area contributed by atoms with Crippen LogP contribution in [0, 0.1) is 5.95 Å². The van der Waals surface area contributed by atoms with E-state index in [1.807, 2.05) is 11.8 Å². The summed E-state index contributed by atoms with van der Waals surface area (Å²) in [5, 5.41) is 12.5. The molecule has 4 aromatic rings. The average Bonchev–Trinajstić information content (AvgIpc) is 3.32. The third kappa shape index (κ3) is 5.75. The Balaban J connectivity index is 1.49. The number of nitrogens with zero attached hydrogens (tertiary/aromatic N) is 6. The Kier molecular flexibility index (Phi) is 8.32. The van der Waals surface area contributed by atoms with Crippen molar-refractivity contribution in [2.24, 2.45) is 12.8 Å². The summed E-state index contributed by atoms with van der Waals surface area (Å²) < 4.78 is 17.5. The zero-order valence-electron chi connectivity index (χ0n) is 23.6. The van der Waals surface area contributed by atoms with Crippen LogP contribution in [0.15, 0.2) is 35.5 Å². The molecule has 12 nitrogen and oxygen atoms in total. The second kappa shape index (κ2) is 11.8. The van der Waals surface area contributed by atoms with Gasteiger partial charge in [0, 0.05) is 50.6 Å². The van der Waals surface area contributed by atoms with Gasteiger partial charge >= 0.3 is 0 Å². The van der Waals surface area contributed by atoms with Crippen molar-refractivity contribution in [2.45, 2.75) is 26.4 Å². The summed E-state index contributed by atoms with van der Waals surface area (Å²) in [4.78, 5) is 51.0. The fourth-order valence-corrected chi connectivity index (χ4v) is 5.64. The van der Waals surface area contributed by atoms with E-state index in [2.05, 4.69) is 27.1 Å². The van der Waals surface area contributed by atoms with Crippen molar-refractivity contribution in [3.63, 3.8) is 0 Å². The molecule has 4 N–H and O–H groups in total. The molecular formula is C28H29Cl2FN8O4. The highest BCUT2D eigenvalue weighted by molar-refractivity contribution is 6.34. The van der Waals surface area contributed by atoms with E-state index >= 15 is 0 Å². The predicted octanol–water partition coefficient (Wildman–Crippen LogP) is 3.22. The Morgan fingerprint density at radius 3 is 2.65 bits per heavy atom. The molecule has 0 aliphatic carbocycles. The lowest BCUT2D eigenvalue weighted by Gasteiger charge is -2.40. The standard InChI is InChI=1S/C28H29Cl2FN8O4/c1-4-37-5-6-39(14(2)10-37)20-9-19(23(30)25(31)35-20)34-21(40)12-38-11-17(22-27(38)33-13-36(3)28(22)43)15-7-16(26(32)42)24(41)18(29)8-15/h7-9,11,13-14,41H,4-6,10,12H2,1-3H3,(H2,32,42)(H,34,35,40)/t14-/m0/s1. The summed E-state index contributed by atoms with van der Waals surface area (Å²) >= 11 is 12.4. The molecule has 0 spiro atoms. The molecule has 1 fully saturated rings. The van der Waals surface area contributed by atoms with E-state index in [-0.39, 0.29) is 44.9 Å². The molecule has 5 rings (SSSR count). The lowest BCUT2D eigenvalue weighted by molar-refractivity contribution is -0.116. The second-order valence-electron chi connectivity index (χ2n) is 10.4. The number of fused-ring (bicyclic) bond motifs is 1. The van der Waals surface area contributed by atoms with Crippen LogP contribution < -0.4 is 21.5 Å². The molecule has 0 bridgehead atoms. The monoisotopic (exact) mass is 630 g/mol. The molecule has 0 radical (unpaired) electrons. The number of carbonyl (C=O) groups is 2. The number of hydrogen-bond acceptors (Lipinski definition) is 8. The van der Waals surface area contributed by atoms with Crippen molar-refractivity contribution in [3.05, 3.63) is 62.6 Å². The number of primary amides is 1. The molecule has 0 unspecified atom stereocenters. The number of aromatic hydroxyl groups is 1. The Morgan fingerprint density at radius 2 is 1.98 bits per heavy atom. The number of benzene rings is 1. The summed E-state index contributed by atoms with van der Waals surface area (Å²) in [5.74, 6) is -2.54. The lowest BCUT2D eigenvalue weighted by atomic mass is 10.0. The van der Waals surface area contributed by atoms with Crippen molar-refractivity contribution < 1.29 is 19.1 Å². The van der Waals surface area contributed by atoms with Gasteiger partial charge in [0.2, 0.25) is 11.9 Å². The van der Waals surface area contributed by atoms with Crippen LogP contribution in [0.4, 0.5) is 15.9 Å². The first-order valence-electron chi connectivity index (χ1n) is 13.4. The van der Waals surface area contributed by atoms with Gasteiger partial charge < -0.3 is 30.2 Å². The van der Waals surface area contributed by atoms with E-state index in [4.69, 9.17) is 28.9 Å². The molecule has 2 amide bonds. The van der Waals surface area contributed by atoms with Crippen molar-refractivity contribution in [1.29, 1.82) is 0 Å². The molecule has 1 aromatic carbocycles. The second-order valence-corrected chi connectivity index (χ2v) is 11.2. The molecule has 0 saturated carbocycles. The quantitative estimate of drug-likeness (QED) is 0.263. The highest BCUT2D eigenvalue weighted by atomic mass is 35.5. The number of halogens is 3. The fraction of sp³-hybridized carbons (Fsp3) is 0.321. The zero-order valence-corrected chi connectivity index (χ0v) is 25.1. The van der Waals surface area contributed by atoms with Gasteiger partial charge in [0.15, 0.2) is 0 Å². The number of carbonyl (C=O) groups excluding carboxylic acids is 2. The Bertz CT molecular complexity index is 1830. The number of pyridine rings is 1. The minimum absolute atomic E-state index is 0.0521. The highest BCUT2D eigenvalue weighted by Gasteiger charge is 2.26. The first-order chi connectivity index (χ1) is 20.4. The van der Waals surface area contributed by atoms with Gasteiger partial charge in [-0.15, -0.1) is 0 Å². The zero-order chi connectivity index (χ0) is 31.2. The number of amides is 2. The van der Waals surface area contributed by atoms with Crippen LogP contribution in [0.1, 0.15) is 24.2 Å². The van der Waals surface area contributed by atoms with Crippen molar-refractivity contribution in [3.8, 4) is 16.9 Å². The molecule has 1 saturated heterocycles. The van der Waals surface area contributed by atoms with Crippen LogP contribution in [0.2, 0.25) is 10.0 Å². The first-order valence-corrected chi connectivity index (χ1v) is 14.2. The summed E-state index contributed by atoms with van der Waals surface area (Å²) in [7, 11) is 1.52. The number of likely N-dealkylation sites (N-methyl/N-ethyl adjacent to an activating group) is 1. The highest BCUT2D eigenvalue weighted by Crippen LogP contribution is 2.36. The molecular weight excluding hydrogens is 602 g/mol. The number of anilines is 2. The van der Waals surface area contributed by atoms with Gasteiger partial charge in [-0.25, -0.2) is 9.97 Å². The van der Waals surface area contributed by atoms with Gasteiger partial charge in [0.1, 0.15) is 28.8 Å². The van der Waals surface area contributed by atoms with Gasteiger partial charge in [-0.05, 0) is 31.2 Å². The van der Waals surface area contributed by atoms with Crippen LogP contribution in [0.3, 0.4) is 0 Å². The molecule has 1 aliphatic rings. The largest absolute Gasteiger partial charge is 0.506 e. The van der Waals surface area contributed by atoms with Gasteiger partial charge in [-0.1, -0.05) is 30.1 Å². The number of phenols is 1. The van der Waals surface area contributed by atoms with Gasteiger partial charge in [0.25, 0.3) is 11.5 Å². The van der Waals surface area contributed by atoms with Crippen molar-refractivity contribution in [2.75, 3.05) is 36.4 Å². The third-order valence-electron chi connectivity index (χ3n) is 7.52. The van der Waals surface area contributed by atoms with E-state index < -0.39 is 29.1 Å². The molecule has 226 valence electrons. The molecule has 3 aromatic heterocycles. The maximum absolute atomic E-state index is 14.8. The van der Waals surface area contributed by atoms with Crippen LogP contribution in [0.5, 0.6) is 5.75 Å². The number of nitrogens with one attached hydrogen (secondary N) is 1. The van der Waals surface area contributed by atoms with Crippen LogP contribution in [0.25, 0.3) is 22.2 Å². The van der Waals surface area contributed by atoms with Crippen molar-refractivity contribution >= 4 is 57.6 Å². The summed E-state index contributed by atoms with van der Waals surface area (Å²) in [6.07, 6.45) is 2.81. The van der Waals surface area contributed by atoms with Gasteiger partial charge in [0.05, 0.1) is 28.0 Å².